The largest absolute Gasteiger partial charge is 0.371 e. The van der Waals surface area contributed by atoms with Gasteiger partial charge in [0, 0.05) is 82.0 Å². The molecule has 3 aromatic rings. The normalized spacial score (nSPS) is 20.9. The number of piperidine rings is 2. The van der Waals surface area contributed by atoms with E-state index in [9.17, 15) is 0 Å². The third-order valence-corrected chi connectivity index (χ3v) is 9.28. The van der Waals surface area contributed by atoms with Gasteiger partial charge in [-0.2, -0.15) is 0 Å². The average Bonchev–Trinajstić information content (AvgIpc) is 3.19. The standard InChI is InChI=1S/C34H40ClN5/c1-23-10-13-34(24(2)36-23)40-25(3)32-12-11-30(21-33(32)26(40)4)37-18-14-28(15-19-37)22-38-16-7-17-39(27(38)5)31-9-6-8-29(35)20-31/h6,8-9,11-12,20-21,28,34,36H,1-5,7,10,13-19,22H2. The van der Waals surface area contributed by atoms with E-state index in [1.54, 1.807) is 0 Å². The zero-order valence-electron chi connectivity index (χ0n) is 23.5. The smallest absolute Gasteiger partial charge is 0.101 e. The maximum Gasteiger partial charge on any atom is 0.101 e. The Balaban J connectivity index is 1.12. The number of hydrogen-bond acceptors (Lipinski definition) is 4. The van der Waals surface area contributed by atoms with E-state index in [4.69, 9.17) is 11.6 Å². The first-order valence-electron chi connectivity index (χ1n) is 14.5. The zero-order valence-corrected chi connectivity index (χ0v) is 24.2. The van der Waals surface area contributed by atoms with Crippen LogP contribution in [-0.4, -0.2) is 42.2 Å². The second-order valence-electron chi connectivity index (χ2n) is 11.6. The quantitative estimate of drug-likeness (QED) is 0.421. The van der Waals surface area contributed by atoms with Crippen LogP contribution in [0, 0.1) is 5.92 Å². The molecular formula is C34H40ClN5. The van der Waals surface area contributed by atoms with Crippen molar-refractivity contribution in [3.8, 4) is 0 Å². The van der Waals surface area contributed by atoms with Gasteiger partial charge in [-0.15, -0.1) is 0 Å². The molecule has 208 valence electrons. The summed E-state index contributed by atoms with van der Waals surface area (Å²) in [5.74, 6) is 1.75. The number of anilines is 2. The van der Waals surface area contributed by atoms with Crippen LogP contribution in [0.4, 0.5) is 11.4 Å². The summed E-state index contributed by atoms with van der Waals surface area (Å²) in [7, 11) is 0. The summed E-state index contributed by atoms with van der Waals surface area (Å²) in [6.07, 6.45) is 5.38. The summed E-state index contributed by atoms with van der Waals surface area (Å²) < 4.78 is 2.26. The molecule has 1 atom stereocenters. The van der Waals surface area contributed by atoms with Gasteiger partial charge in [-0.25, -0.2) is 0 Å². The average molecular weight is 554 g/mol. The lowest BCUT2D eigenvalue weighted by atomic mass is 9.95. The molecule has 3 saturated heterocycles. The van der Waals surface area contributed by atoms with E-state index in [1.165, 1.54) is 29.3 Å². The molecule has 0 aliphatic carbocycles. The highest BCUT2D eigenvalue weighted by atomic mass is 35.5. The SMILES string of the molecule is C=C1CCC(n2c(=C)c3ccc(N4CCC(CN5CCCN(c6cccc(Cl)c6)C5=C)CC4)cc3c2=C)C(=C)N1. The van der Waals surface area contributed by atoms with Crippen LogP contribution in [0.25, 0.3) is 23.9 Å². The van der Waals surface area contributed by atoms with Crippen LogP contribution in [-0.2, 0) is 0 Å². The molecule has 5 nitrogen and oxygen atoms in total. The number of hydrogen-bond donors (Lipinski definition) is 1. The molecule has 1 N–H and O–H groups in total. The molecule has 3 aliphatic heterocycles. The number of aromatic nitrogens is 1. The number of benzene rings is 2. The second kappa shape index (κ2) is 10.8. The monoisotopic (exact) mass is 553 g/mol. The number of halogens is 1. The molecule has 1 aromatic heterocycles. The van der Waals surface area contributed by atoms with Crippen LogP contribution in [0.3, 0.4) is 0 Å². The minimum absolute atomic E-state index is 0.149. The Kier molecular flexibility index (Phi) is 7.18. The molecule has 6 heteroatoms. The maximum atomic E-state index is 6.27. The van der Waals surface area contributed by atoms with Crippen molar-refractivity contribution in [1.82, 2.24) is 14.8 Å². The van der Waals surface area contributed by atoms with Crippen molar-refractivity contribution in [3.63, 3.8) is 0 Å². The molecule has 0 spiro atoms. The molecule has 40 heavy (non-hydrogen) atoms. The molecule has 0 amide bonds. The fraction of sp³-hybridized carbons (Fsp3) is 0.353. The Morgan fingerprint density at radius 2 is 1.60 bits per heavy atom. The van der Waals surface area contributed by atoms with E-state index in [1.807, 2.05) is 18.2 Å². The lowest BCUT2D eigenvalue weighted by Crippen LogP contribution is -2.45. The molecule has 1 unspecified atom stereocenters. The zero-order chi connectivity index (χ0) is 28.0. The van der Waals surface area contributed by atoms with Gasteiger partial charge in [0.25, 0.3) is 0 Å². The predicted octanol–water partition coefficient (Wildman–Crippen LogP) is 5.97. The van der Waals surface area contributed by atoms with Crippen molar-refractivity contribution in [2.24, 2.45) is 5.92 Å². The van der Waals surface area contributed by atoms with Gasteiger partial charge in [0.05, 0.1) is 6.04 Å². The molecule has 0 saturated carbocycles. The van der Waals surface area contributed by atoms with Crippen molar-refractivity contribution < 1.29 is 0 Å². The van der Waals surface area contributed by atoms with Crippen molar-refractivity contribution in [1.29, 1.82) is 0 Å². The van der Waals surface area contributed by atoms with Crippen LogP contribution in [0.5, 0.6) is 0 Å². The van der Waals surface area contributed by atoms with Gasteiger partial charge < -0.3 is 24.6 Å². The van der Waals surface area contributed by atoms with Gasteiger partial charge in [-0.05, 0) is 68.4 Å². The first-order valence-corrected chi connectivity index (χ1v) is 14.9. The molecule has 3 aliphatic rings. The minimum Gasteiger partial charge on any atom is -0.371 e. The van der Waals surface area contributed by atoms with Crippen molar-refractivity contribution in [2.45, 2.75) is 38.1 Å². The van der Waals surface area contributed by atoms with E-state index in [-0.39, 0.29) is 6.04 Å². The van der Waals surface area contributed by atoms with Crippen LogP contribution in [0.1, 0.15) is 38.1 Å². The van der Waals surface area contributed by atoms with Crippen LogP contribution >= 0.6 is 11.6 Å². The molecule has 3 fully saturated rings. The van der Waals surface area contributed by atoms with E-state index in [0.29, 0.717) is 5.92 Å². The first kappa shape index (κ1) is 26.6. The predicted molar refractivity (Wildman–Crippen MR) is 171 cm³/mol. The summed E-state index contributed by atoms with van der Waals surface area (Å²) in [4.78, 5) is 7.32. The molecule has 6 rings (SSSR count). The fourth-order valence-electron chi connectivity index (χ4n) is 6.81. The third kappa shape index (κ3) is 4.92. The van der Waals surface area contributed by atoms with Gasteiger partial charge in [0.15, 0.2) is 0 Å². The van der Waals surface area contributed by atoms with E-state index < -0.39 is 0 Å². The Hall–Kier alpha value is -3.57. The molecule has 0 radical (unpaired) electrons. The molecule has 4 heterocycles. The lowest BCUT2D eigenvalue weighted by Gasteiger charge is -2.43. The number of nitrogens with one attached hydrogen (secondary N) is 1. The Labute approximate surface area is 243 Å². The summed E-state index contributed by atoms with van der Waals surface area (Å²) >= 11 is 6.27. The molecule has 2 aromatic carbocycles. The van der Waals surface area contributed by atoms with Gasteiger partial charge in [-0.1, -0.05) is 56.6 Å². The van der Waals surface area contributed by atoms with Crippen molar-refractivity contribution in [2.75, 3.05) is 42.5 Å². The first-order chi connectivity index (χ1) is 19.3. The topological polar surface area (TPSA) is 26.7 Å². The highest BCUT2D eigenvalue weighted by Crippen LogP contribution is 2.31. The third-order valence-electron chi connectivity index (χ3n) is 9.04. The lowest BCUT2D eigenvalue weighted by molar-refractivity contribution is 0.234. The second-order valence-corrected chi connectivity index (χ2v) is 12.0. The summed E-state index contributed by atoms with van der Waals surface area (Å²) in [6, 6.07) is 15.0. The van der Waals surface area contributed by atoms with Crippen molar-refractivity contribution >= 4 is 46.9 Å². The van der Waals surface area contributed by atoms with Gasteiger partial charge >= 0.3 is 0 Å². The van der Waals surface area contributed by atoms with E-state index in [2.05, 4.69) is 81.7 Å². The maximum absolute atomic E-state index is 6.27. The fourth-order valence-corrected chi connectivity index (χ4v) is 7.00. The van der Waals surface area contributed by atoms with Gasteiger partial charge in [0.1, 0.15) is 5.82 Å². The number of nitrogens with zero attached hydrogens (tertiary/aromatic N) is 4. The number of rotatable bonds is 5. The van der Waals surface area contributed by atoms with Crippen LogP contribution in [0.15, 0.2) is 79.4 Å². The minimum atomic E-state index is 0.149. The van der Waals surface area contributed by atoms with E-state index in [0.717, 1.165) is 90.6 Å². The molecule has 0 bridgehead atoms. The molecular weight excluding hydrogens is 514 g/mol. The van der Waals surface area contributed by atoms with Crippen LogP contribution in [0.2, 0.25) is 5.02 Å². The number of allylic oxidation sites excluding steroid dienone is 2. The highest BCUT2D eigenvalue weighted by Gasteiger charge is 2.27. The highest BCUT2D eigenvalue weighted by molar-refractivity contribution is 6.30. The van der Waals surface area contributed by atoms with Gasteiger partial charge in [0.2, 0.25) is 0 Å². The Bertz CT molecular complexity index is 1580. The van der Waals surface area contributed by atoms with Crippen LogP contribution < -0.4 is 25.8 Å². The van der Waals surface area contributed by atoms with E-state index >= 15 is 0 Å². The Morgan fingerprint density at radius 1 is 0.825 bits per heavy atom. The summed E-state index contributed by atoms with van der Waals surface area (Å²) in [5.41, 5.74) is 4.41. The van der Waals surface area contributed by atoms with Crippen molar-refractivity contribution in [3.05, 3.63) is 95.1 Å². The number of fused-ring (bicyclic) bond motifs is 1. The van der Waals surface area contributed by atoms with Gasteiger partial charge in [-0.3, -0.25) is 0 Å². The summed E-state index contributed by atoms with van der Waals surface area (Å²) in [5, 5.41) is 8.51. The Morgan fingerprint density at radius 3 is 2.35 bits per heavy atom. The summed E-state index contributed by atoms with van der Waals surface area (Å²) in [6.45, 7) is 27.0.